The molecule has 14 N–H and O–H groups in total. The van der Waals surface area contributed by atoms with Gasteiger partial charge in [0.15, 0.2) is 5.96 Å². The van der Waals surface area contributed by atoms with Gasteiger partial charge in [0.25, 0.3) is 0 Å². The van der Waals surface area contributed by atoms with Crippen molar-refractivity contribution in [2.75, 3.05) is 13.1 Å². The molecule has 3 unspecified atom stereocenters. The molecule has 3 atom stereocenters. The topological polar surface area (TPSA) is 301 Å². The van der Waals surface area contributed by atoms with Crippen LogP contribution in [0.15, 0.2) is 4.99 Å². The van der Waals surface area contributed by atoms with Gasteiger partial charge in [-0.1, -0.05) is 0 Å². The SMILES string of the molecule is NC(=O)CCC(NC(=O)C(N)CC(N)=O)C(=O)NC(CCCN=C(N)N)C(=O)NCC(=O)O. The van der Waals surface area contributed by atoms with Crippen molar-refractivity contribution in [3.05, 3.63) is 0 Å². The van der Waals surface area contributed by atoms with E-state index in [-0.39, 0.29) is 38.2 Å². The molecule has 16 heteroatoms. The highest BCUT2D eigenvalue weighted by molar-refractivity contribution is 5.95. The van der Waals surface area contributed by atoms with E-state index in [4.69, 9.17) is 33.8 Å². The van der Waals surface area contributed by atoms with Crippen molar-refractivity contribution in [3.63, 3.8) is 0 Å². The molecule has 186 valence electrons. The highest BCUT2D eigenvalue weighted by atomic mass is 16.4. The number of carbonyl (C=O) groups is 6. The van der Waals surface area contributed by atoms with Crippen LogP contribution in [0.25, 0.3) is 0 Å². The van der Waals surface area contributed by atoms with Crippen molar-refractivity contribution in [2.45, 2.75) is 50.2 Å². The lowest BCUT2D eigenvalue weighted by molar-refractivity contribution is -0.138. The number of hydrogen-bond acceptors (Lipinski definition) is 8. The van der Waals surface area contributed by atoms with Crippen molar-refractivity contribution in [1.82, 2.24) is 16.0 Å². The maximum atomic E-state index is 12.8. The first-order valence-corrected chi connectivity index (χ1v) is 9.81. The molecule has 0 spiro atoms. The van der Waals surface area contributed by atoms with E-state index in [1.807, 2.05) is 0 Å². The predicted octanol–water partition coefficient (Wildman–Crippen LogP) is -5.32. The summed E-state index contributed by atoms with van der Waals surface area (Å²) in [6.45, 7) is -0.562. The predicted molar refractivity (Wildman–Crippen MR) is 115 cm³/mol. The minimum Gasteiger partial charge on any atom is -0.480 e. The molecule has 16 nitrogen and oxygen atoms in total. The molecule has 0 bridgehead atoms. The molecular formula is C17H31N9O7. The highest BCUT2D eigenvalue weighted by Gasteiger charge is 2.28. The van der Waals surface area contributed by atoms with Crippen LogP contribution >= 0.6 is 0 Å². The fourth-order valence-corrected chi connectivity index (χ4v) is 2.47. The first kappa shape index (κ1) is 29.1. The van der Waals surface area contributed by atoms with E-state index >= 15 is 0 Å². The van der Waals surface area contributed by atoms with Crippen LogP contribution in [0.5, 0.6) is 0 Å². The van der Waals surface area contributed by atoms with Gasteiger partial charge in [0, 0.05) is 13.0 Å². The van der Waals surface area contributed by atoms with Gasteiger partial charge < -0.3 is 49.7 Å². The molecule has 0 radical (unpaired) electrons. The Hall–Kier alpha value is -3.95. The van der Waals surface area contributed by atoms with Crippen LogP contribution in [-0.4, -0.2) is 77.8 Å². The van der Waals surface area contributed by atoms with Crippen LogP contribution < -0.4 is 44.6 Å². The maximum Gasteiger partial charge on any atom is 0.322 e. The number of guanidine groups is 1. The van der Waals surface area contributed by atoms with Gasteiger partial charge in [0.1, 0.15) is 18.6 Å². The smallest absolute Gasteiger partial charge is 0.322 e. The zero-order valence-electron chi connectivity index (χ0n) is 17.9. The van der Waals surface area contributed by atoms with Crippen molar-refractivity contribution in [2.24, 2.45) is 33.7 Å². The molecule has 0 aromatic rings. The van der Waals surface area contributed by atoms with Gasteiger partial charge in [-0.2, -0.15) is 0 Å². The molecule has 0 aliphatic carbocycles. The number of carbonyl (C=O) groups excluding carboxylic acids is 5. The third kappa shape index (κ3) is 13.9. The lowest BCUT2D eigenvalue weighted by Gasteiger charge is -2.23. The lowest BCUT2D eigenvalue weighted by atomic mass is 10.1. The zero-order chi connectivity index (χ0) is 25.6. The van der Waals surface area contributed by atoms with Crippen molar-refractivity contribution in [3.8, 4) is 0 Å². The van der Waals surface area contributed by atoms with E-state index in [2.05, 4.69) is 20.9 Å². The molecule has 0 aliphatic rings. The van der Waals surface area contributed by atoms with Crippen LogP contribution in [0.2, 0.25) is 0 Å². The third-order valence-corrected chi connectivity index (χ3v) is 4.06. The van der Waals surface area contributed by atoms with Gasteiger partial charge >= 0.3 is 5.97 Å². The van der Waals surface area contributed by atoms with Crippen molar-refractivity contribution >= 4 is 41.5 Å². The van der Waals surface area contributed by atoms with Gasteiger partial charge in [0.2, 0.25) is 29.5 Å². The number of rotatable bonds is 16. The molecule has 5 amide bonds. The minimum absolute atomic E-state index is 0.0195. The van der Waals surface area contributed by atoms with Crippen molar-refractivity contribution < 1.29 is 33.9 Å². The Morgan fingerprint density at radius 2 is 1.39 bits per heavy atom. The van der Waals surface area contributed by atoms with Gasteiger partial charge in [-0.3, -0.25) is 33.8 Å². The largest absolute Gasteiger partial charge is 0.480 e. The maximum absolute atomic E-state index is 12.8. The Morgan fingerprint density at radius 3 is 1.91 bits per heavy atom. The molecule has 0 rings (SSSR count). The average molecular weight is 473 g/mol. The van der Waals surface area contributed by atoms with Crippen LogP contribution in [0.4, 0.5) is 0 Å². The summed E-state index contributed by atoms with van der Waals surface area (Å²) in [5.74, 6) is -5.63. The molecule has 0 aliphatic heterocycles. The van der Waals surface area contributed by atoms with Crippen LogP contribution in [0, 0.1) is 0 Å². The average Bonchev–Trinajstić information content (AvgIpc) is 2.70. The van der Waals surface area contributed by atoms with Gasteiger partial charge in [-0.15, -0.1) is 0 Å². The highest BCUT2D eigenvalue weighted by Crippen LogP contribution is 2.04. The normalized spacial score (nSPS) is 13.0. The summed E-state index contributed by atoms with van der Waals surface area (Å²) in [5.41, 5.74) is 26.1. The summed E-state index contributed by atoms with van der Waals surface area (Å²) in [4.78, 5) is 73.9. The number of carboxylic acid groups (broad SMARTS) is 1. The second kappa shape index (κ2) is 15.0. The fraction of sp³-hybridized carbons (Fsp3) is 0.588. The number of nitrogens with one attached hydrogen (secondary N) is 3. The van der Waals surface area contributed by atoms with E-state index in [1.54, 1.807) is 0 Å². The number of nitrogens with zero attached hydrogens (tertiary/aromatic N) is 1. The van der Waals surface area contributed by atoms with E-state index in [0.29, 0.717) is 0 Å². The standard InChI is InChI=1S/C17H31N9O7/c18-8(6-12(20)28)14(31)25-10(3-4-11(19)27)16(33)26-9(2-1-5-23-17(21)22)15(32)24-7-13(29)30/h8-10H,1-7,18H2,(H2,19,27)(H2,20,28)(H,24,32)(H,25,31)(H,26,33)(H,29,30)(H4,21,22,23). The number of carboxylic acids is 1. The van der Waals surface area contributed by atoms with E-state index in [9.17, 15) is 28.8 Å². The number of nitrogens with two attached hydrogens (primary N) is 5. The first-order valence-electron chi connectivity index (χ1n) is 9.81. The number of aliphatic carboxylic acids is 1. The lowest BCUT2D eigenvalue weighted by Crippen LogP contribution is -2.56. The van der Waals surface area contributed by atoms with Gasteiger partial charge in [-0.25, -0.2) is 0 Å². The first-order chi connectivity index (χ1) is 15.3. The minimum atomic E-state index is -1.35. The second-order valence-corrected chi connectivity index (χ2v) is 6.96. The zero-order valence-corrected chi connectivity index (χ0v) is 17.9. The number of hydrogen-bond donors (Lipinski definition) is 9. The molecule has 0 aromatic carbocycles. The second-order valence-electron chi connectivity index (χ2n) is 6.96. The Kier molecular flexibility index (Phi) is 13.2. The molecule has 0 saturated heterocycles. The molecule has 0 heterocycles. The summed E-state index contributed by atoms with van der Waals surface area (Å²) in [7, 11) is 0. The molecule has 33 heavy (non-hydrogen) atoms. The van der Waals surface area contributed by atoms with Crippen LogP contribution in [0.1, 0.15) is 32.1 Å². The van der Waals surface area contributed by atoms with E-state index in [0.717, 1.165) is 0 Å². The Bertz CT molecular complexity index is 768. The summed E-state index contributed by atoms with van der Waals surface area (Å²) in [5, 5.41) is 15.5. The quantitative estimate of drug-likeness (QED) is 0.0582. The van der Waals surface area contributed by atoms with Crippen LogP contribution in [0.3, 0.4) is 0 Å². The van der Waals surface area contributed by atoms with E-state index < -0.39 is 66.6 Å². The number of primary amides is 2. The summed E-state index contributed by atoms with van der Waals surface area (Å²) in [6.07, 6.45) is -0.741. The Morgan fingerprint density at radius 1 is 0.818 bits per heavy atom. The summed E-state index contributed by atoms with van der Waals surface area (Å²) in [6, 6.07) is -3.89. The molecule has 0 aromatic heterocycles. The monoisotopic (exact) mass is 473 g/mol. The summed E-state index contributed by atoms with van der Waals surface area (Å²) >= 11 is 0. The third-order valence-electron chi connectivity index (χ3n) is 4.06. The fourth-order valence-electron chi connectivity index (χ4n) is 2.47. The number of amides is 5. The number of aliphatic imine (C=N–C) groups is 1. The molecule has 0 fully saturated rings. The van der Waals surface area contributed by atoms with E-state index in [1.165, 1.54) is 0 Å². The molecular weight excluding hydrogens is 442 g/mol. The van der Waals surface area contributed by atoms with Crippen LogP contribution in [-0.2, 0) is 28.8 Å². The molecule has 0 saturated carbocycles. The van der Waals surface area contributed by atoms with Crippen molar-refractivity contribution in [1.29, 1.82) is 0 Å². The van der Waals surface area contributed by atoms with Gasteiger partial charge in [-0.05, 0) is 19.3 Å². The Balaban J connectivity index is 5.40. The van der Waals surface area contributed by atoms with Gasteiger partial charge in [0.05, 0.1) is 12.5 Å². The summed E-state index contributed by atoms with van der Waals surface area (Å²) < 4.78 is 0. The Labute approximate surface area is 189 Å².